The van der Waals surface area contributed by atoms with Crippen molar-refractivity contribution >= 4 is 22.6 Å². The lowest BCUT2D eigenvalue weighted by atomic mass is 9.96. The molecular weight excluding hydrogens is 354 g/mol. The lowest BCUT2D eigenvalue weighted by Crippen LogP contribution is -2.46. The van der Waals surface area contributed by atoms with E-state index >= 15 is 0 Å². The van der Waals surface area contributed by atoms with Gasteiger partial charge in [-0.25, -0.2) is 0 Å². The molecule has 1 heterocycles. The molecule has 6 heteroatoms. The Morgan fingerprint density at radius 1 is 1.18 bits per heavy atom. The molecule has 0 spiro atoms. The minimum absolute atomic E-state index is 0.00207. The number of nitrogens with one attached hydrogen (secondary N) is 1. The molecule has 0 aliphatic carbocycles. The second-order valence-electron chi connectivity index (χ2n) is 7.19. The molecule has 2 amide bonds. The summed E-state index contributed by atoms with van der Waals surface area (Å²) in [4.78, 5) is 26.5. The quantitative estimate of drug-likeness (QED) is 0.685. The Morgan fingerprint density at radius 2 is 2.00 bits per heavy atom. The largest absolute Gasteiger partial charge is 0.493 e. The number of nitrogens with zero attached hydrogens (tertiary/aromatic N) is 1. The third-order valence-corrected chi connectivity index (χ3v) is 5.13. The van der Waals surface area contributed by atoms with Gasteiger partial charge < -0.3 is 20.7 Å². The van der Waals surface area contributed by atoms with Gasteiger partial charge in [0.15, 0.2) is 0 Å². The van der Waals surface area contributed by atoms with Crippen LogP contribution in [-0.2, 0) is 9.59 Å². The van der Waals surface area contributed by atoms with E-state index in [2.05, 4.69) is 17.4 Å². The Hall–Kier alpha value is -2.60. The van der Waals surface area contributed by atoms with Crippen molar-refractivity contribution in [1.82, 2.24) is 10.2 Å². The van der Waals surface area contributed by atoms with Crippen molar-refractivity contribution < 1.29 is 14.3 Å². The van der Waals surface area contributed by atoms with Crippen molar-refractivity contribution in [3.8, 4) is 5.75 Å². The van der Waals surface area contributed by atoms with E-state index < -0.39 is 0 Å². The number of hydrogen-bond acceptors (Lipinski definition) is 4. The maximum atomic E-state index is 12.5. The third kappa shape index (κ3) is 5.23. The Labute approximate surface area is 166 Å². The molecule has 1 fully saturated rings. The second-order valence-corrected chi connectivity index (χ2v) is 7.19. The van der Waals surface area contributed by atoms with Crippen LogP contribution >= 0.6 is 0 Å². The van der Waals surface area contributed by atoms with Crippen molar-refractivity contribution in [3.05, 3.63) is 42.5 Å². The van der Waals surface area contributed by atoms with Crippen LogP contribution in [0.3, 0.4) is 0 Å². The Morgan fingerprint density at radius 3 is 2.86 bits per heavy atom. The zero-order valence-electron chi connectivity index (χ0n) is 16.2. The normalized spacial score (nSPS) is 16.8. The number of amides is 2. The molecule has 2 aromatic carbocycles. The number of benzene rings is 2. The van der Waals surface area contributed by atoms with Gasteiger partial charge in [-0.2, -0.15) is 0 Å². The highest BCUT2D eigenvalue weighted by atomic mass is 16.5. The number of ether oxygens (including phenoxy) is 1. The Balaban J connectivity index is 1.44. The van der Waals surface area contributed by atoms with E-state index in [1.165, 1.54) is 0 Å². The highest BCUT2D eigenvalue weighted by Gasteiger charge is 2.27. The monoisotopic (exact) mass is 383 g/mol. The topological polar surface area (TPSA) is 84.7 Å². The summed E-state index contributed by atoms with van der Waals surface area (Å²) >= 11 is 0. The van der Waals surface area contributed by atoms with E-state index in [1.54, 1.807) is 0 Å². The fraction of sp³-hybridized carbons (Fsp3) is 0.455. The van der Waals surface area contributed by atoms with Crippen molar-refractivity contribution in [3.63, 3.8) is 0 Å². The van der Waals surface area contributed by atoms with E-state index in [1.807, 2.05) is 35.2 Å². The molecule has 1 aliphatic heterocycles. The summed E-state index contributed by atoms with van der Waals surface area (Å²) in [7, 11) is 0. The highest BCUT2D eigenvalue weighted by Crippen LogP contribution is 2.25. The van der Waals surface area contributed by atoms with E-state index in [0.29, 0.717) is 39.1 Å². The molecule has 3 N–H and O–H groups in total. The van der Waals surface area contributed by atoms with Crippen LogP contribution in [0, 0.1) is 5.92 Å². The smallest absolute Gasteiger partial charge is 0.224 e. The Kier molecular flexibility index (Phi) is 7.25. The van der Waals surface area contributed by atoms with Crippen LogP contribution < -0.4 is 15.8 Å². The van der Waals surface area contributed by atoms with Gasteiger partial charge in [-0.1, -0.05) is 36.4 Å². The van der Waals surface area contributed by atoms with Gasteiger partial charge in [0.1, 0.15) is 5.75 Å². The number of hydrogen-bond donors (Lipinski definition) is 2. The van der Waals surface area contributed by atoms with Gasteiger partial charge in [-0.3, -0.25) is 9.59 Å². The Bertz CT molecular complexity index is 803. The van der Waals surface area contributed by atoms with Crippen molar-refractivity contribution in [2.24, 2.45) is 11.7 Å². The molecule has 1 unspecified atom stereocenters. The standard InChI is InChI=1S/C22H29N3O3/c23-12-13-24-22(27)18-8-4-14-25(16-18)21(26)11-5-15-28-20-10-3-7-17-6-1-2-9-19(17)20/h1-3,6-7,9-10,18H,4-5,8,11-16,23H2,(H,24,27). The van der Waals surface area contributed by atoms with Crippen molar-refractivity contribution in [2.75, 3.05) is 32.8 Å². The average molecular weight is 383 g/mol. The first-order valence-corrected chi connectivity index (χ1v) is 10.0. The van der Waals surface area contributed by atoms with Crippen LogP contribution in [0.1, 0.15) is 25.7 Å². The number of likely N-dealkylation sites (tertiary alicyclic amines) is 1. The summed E-state index contributed by atoms with van der Waals surface area (Å²) in [6.45, 7) is 2.63. The molecule has 3 rings (SSSR count). The molecule has 0 aromatic heterocycles. The first-order chi connectivity index (χ1) is 13.7. The average Bonchev–Trinajstić information content (AvgIpc) is 2.75. The van der Waals surface area contributed by atoms with Gasteiger partial charge in [-0.05, 0) is 30.7 Å². The van der Waals surface area contributed by atoms with Crippen LogP contribution in [0.25, 0.3) is 10.8 Å². The van der Waals surface area contributed by atoms with Gasteiger partial charge in [0.2, 0.25) is 11.8 Å². The van der Waals surface area contributed by atoms with Gasteiger partial charge in [0, 0.05) is 38.0 Å². The summed E-state index contributed by atoms with van der Waals surface area (Å²) < 4.78 is 5.91. The summed E-state index contributed by atoms with van der Waals surface area (Å²) in [5.74, 6) is 0.816. The molecule has 150 valence electrons. The number of fused-ring (bicyclic) bond motifs is 1. The van der Waals surface area contributed by atoms with Gasteiger partial charge in [-0.15, -0.1) is 0 Å². The molecule has 1 aliphatic rings. The third-order valence-electron chi connectivity index (χ3n) is 5.13. The highest BCUT2D eigenvalue weighted by molar-refractivity contribution is 5.88. The zero-order chi connectivity index (χ0) is 19.8. The van der Waals surface area contributed by atoms with Crippen molar-refractivity contribution in [1.29, 1.82) is 0 Å². The predicted molar refractivity (Wildman–Crippen MR) is 110 cm³/mol. The van der Waals surface area contributed by atoms with Crippen molar-refractivity contribution in [2.45, 2.75) is 25.7 Å². The molecule has 0 radical (unpaired) electrons. The van der Waals surface area contributed by atoms with E-state index in [9.17, 15) is 9.59 Å². The van der Waals surface area contributed by atoms with E-state index in [4.69, 9.17) is 10.5 Å². The van der Waals surface area contributed by atoms with Crippen LogP contribution in [0.15, 0.2) is 42.5 Å². The number of carbonyl (C=O) groups excluding carboxylic acids is 2. The first-order valence-electron chi connectivity index (χ1n) is 10.0. The lowest BCUT2D eigenvalue weighted by molar-refractivity contribution is -0.135. The molecule has 0 saturated carbocycles. The van der Waals surface area contributed by atoms with Gasteiger partial charge in [0.05, 0.1) is 12.5 Å². The van der Waals surface area contributed by atoms with Crippen LogP contribution in [0.4, 0.5) is 0 Å². The minimum Gasteiger partial charge on any atom is -0.493 e. The molecule has 0 bridgehead atoms. The lowest BCUT2D eigenvalue weighted by Gasteiger charge is -2.32. The summed E-state index contributed by atoms with van der Waals surface area (Å²) in [5.41, 5.74) is 5.43. The van der Waals surface area contributed by atoms with Gasteiger partial charge >= 0.3 is 0 Å². The van der Waals surface area contributed by atoms with Crippen LogP contribution in [0.5, 0.6) is 5.75 Å². The molecule has 2 aromatic rings. The SMILES string of the molecule is NCCNC(=O)C1CCCN(C(=O)CCCOc2cccc3ccccc23)C1. The summed E-state index contributed by atoms with van der Waals surface area (Å²) in [5, 5.41) is 5.05. The van der Waals surface area contributed by atoms with Gasteiger partial charge in [0.25, 0.3) is 0 Å². The van der Waals surface area contributed by atoms with E-state index in [-0.39, 0.29) is 17.7 Å². The number of rotatable bonds is 8. The zero-order valence-corrected chi connectivity index (χ0v) is 16.2. The molecule has 1 atom stereocenters. The maximum absolute atomic E-state index is 12.5. The molecular formula is C22H29N3O3. The predicted octanol–water partition coefficient (Wildman–Crippen LogP) is 2.31. The number of carbonyl (C=O) groups is 2. The first kappa shape index (κ1) is 20.1. The fourth-order valence-electron chi connectivity index (χ4n) is 3.64. The van der Waals surface area contributed by atoms with Crippen LogP contribution in [0.2, 0.25) is 0 Å². The molecule has 6 nitrogen and oxygen atoms in total. The molecule has 28 heavy (non-hydrogen) atoms. The summed E-state index contributed by atoms with van der Waals surface area (Å²) in [6.07, 6.45) is 2.77. The number of nitrogens with two attached hydrogens (primary N) is 1. The molecule has 1 saturated heterocycles. The minimum atomic E-state index is -0.129. The fourth-order valence-corrected chi connectivity index (χ4v) is 3.64. The number of piperidine rings is 1. The maximum Gasteiger partial charge on any atom is 0.224 e. The second kappa shape index (κ2) is 10.1. The van der Waals surface area contributed by atoms with Crippen LogP contribution in [-0.4, -0.2) is 49.5 Å². The van der Waals surface area contributed by atoms with E-state index in [0.717, 1.165) is 35.9 Å². The summed E-state index contributed by atoms with van der Waals surface area (Å²) in [6, 6.07) is 14.1.